The second-order valence-electron chi connectivity index (χ2n) is 6.48. The van der Waals surface area contributed by atoms with E-state index in [1.807, 2.05) is 25.1 Å². The van der Waals surface area contributed by atoms with Crippen LogP contribution in [0.1, 0.15) is 11.3 Å². The number of amides is 1. The third-order valence-corrected chi connectivity index (χ3v) is 5.76. The molecule has 0 radical (unpaired) electrons. The van der Waals surface area contributed by atoms with Crippen LogP contribution < -0.4 is 10.1 Å². The highest BCUT2D eigenvalue weighted by Crippen LogP contribution is 2.35. The number of benzene rings is 2. The van der Waals surface area contributed by atoms with Crippen molar-refractivity contribution in [2.75, 3.05) is 7.11 Å². The molecule has 152 valence electrons. The van der Waals surface area contributed by atoms with Gasteiger partial charge in [-0.3, -0.25) is 4.79 Å². The van der Waals surface area contributed by atoms with Crippen molar-refractivity contribution in [1.82, 2.24) is 5.32 Å². The van der Waals surface area contributed by atoms with Crippen molar-refractivity contribution in [2.24, 2.45) is 4.99 Å². The van der Waals surface area contributed by atoms with Crippen molar-refractivity contribution in [3.05, 3.63) is 74.8 Å². The van der Waals surface area contributed by atoms with Crippen molar-refractivity contribution < 1.29 is 13.9 Å². The lowest BCUT2D eigenvalue weighted by atomic mass is 10.2. The molecular formula is C22H16Cl2N2O3S. The summed E-state index contributed by atoms with van der Waals surface area (Å²) in [7, 11) is 1.58. The minimum absolute atomic E-state index is 0.243. The van der Waals surface area contributed by atoms with E-state index < -0.39 is 0 Å². The van der Waals surface area contributed by atoms with Crippen LogP contribution in [0.25, 0.3) is 17.4 Å². The molecule has 0 spiro atoms. The fourth-order valence-electron chi connectivity index (χ4n) is 2.87. The van der Waals surface area contributed by atoms with Gasteiger partial charge < -0.3 is 14.5 Å². The Hall–Kier alpha value is -2.67. The molecule has 1 N–H and O–H groups in total. The molecule has 2 heterocycles. The fraction of sp³-hybridized carbons (Fsp3) is 0.0909. The third-order valence-electron chi connectivity index (χ3n) is 4.30. The number of nitrogens with one attached hydrogen (secondary N) is 1. The van der Waals surface area contributed by atoms with Crippen molar-refractivity contribution in [3.63, 3.8) is 0 Å². The van der Waals surface area contributed by atoms with Gasteiger partial charge in [-0.05, 0) is 66.7 Å². The van der Waals surface area contributed by atoms with Gasteiger partial charge >= 0.3 is 0 Å². The largest absolute Gasteiger partial charge is 0.494 e. The minimum Gasteiger partial charge on any atom is -0.494 e. The van der Waals surface area contributed by atoms with E-state index in [1.165, 1.54) is 11.8 Å². The number of carbonyl (C=O) groups is 1. The van der Waals surface area contributed by atoms with E-state index in [-0.39, 0.29) is 5.91 Å². The molecule has 0 aliphatic carbocycles. The SMILES string of the molecule is COc1ccc(C)cc1N=C1NC(=O)/C(=C/c2ccc(-c3ccc(Cl)cc3Cl)o2)S1. The van der Waals surface area contributed by atoms with Gasteiger partial charge in [0.05, 0.1) is 17.0 Å². The summed E-state index contributed by atoms with van der Waals surface area (Å²) in [4.78, 5) is 17.4. The van der Waals surface area contributed by atoms with Crippen molar-refractivity contribution in [3.8, 4) is 17.1 Å². The van der Waals surface area contributed by atoms with Gasteiger partial charge in [-0.2, -0.15) is 0 Å². The van der Waals surface area contributed by atoms with Gasteiger partial charge in [0, 0.05) is 16.7 Å². The molecule has 8 heteroatoms. The van der Waals surface area contributed by atoms with Crippen LogP contribution in [0.15, 0.2) is 62.8 Å². The summed E-state index contributed by atoms with van der Waals surface area (Å²) < 4.78 is 11.2. The second kappa shape index (κ2) is 8.60. The zero-order chi connectivity index (χ0) is 21.3. The molecular weight excluding hydrogens is 443 g/mol. The topological polar surface area (TPSA) is 63.8 Å². The van der Waals surface area contributed by atoms with Gasteiger partial charge in [0.2, 0.25) is 0 Å². The first-order chi connectivity index (χ1) is 14.4. The predicted molar refractivity (Wildman–Crippen MR) is 123 cm³/mol. The molecule has 30 heavy (non-hydrogen) atoms. The van der Waals surface area contributed by atoms with Gasteiger partial charge in [0.25, 0.3) is 5.91 Å². The lowest BCUT2D eigenvalue weighted by Crippen LogP contribution is -2.19. The van der Waals surface area contributed by atoms with Crippen molar-refractivity contribution in [1.29, 1.82) is 0 Å². The number of thioether (sulfide) groups is 1. The van der Waals surface area contributed by atoms with Crippen LogP contribution in [0.2, 0.25) is 10.0 Å². The average Bonchev–Trinajstić information content (AvgIpc) is 3.29. The monoisotopic (exact) mass is 458 g/mol. The second-order valence-corrected chi connectivity index (χ2v) is 8.36. The Morgan fingerprint density at radius 1 is 1.13 bits per heavy atom. The van der Waals surface area contributed by atoms with E-state index in [1.54, 1.807) is 43.5 Å². The summed E-state index contributed by atoms with van der Waals surface area (Å²) in [5.41, 5.74) is 2.42. The maximum atomic E-state index is 12.4. The van der Waals surface area contributed by atoms with Gasteiger partial charge in [0.1, 0.15) is 23.0 Å². The highest BCUT2D eigenvalue weighted by atomic mass is 35.5. The molecule has 1 amide bonds. The molecule has 3 aromatic rings. The van der Waals surface area contributed by atoms with Crippen molar-refractivity contribution in [2.45, 2.75) is 6.92 Å². The van der Waals surface area contributed by atoms with Crippen LogP contribution in [-0.2, 0) is 4.79 Å². The molecule has 0 saturated carbocycles. The summed E-state index contributed by atoms with van der Waals surface area (Å²) in [5.74, 6) is 1.51. The first kappa shape index (κ1) is 20.6. The Labute approximate surface area is 187 Å². The van der Waals surface area contributed by atoms with Gasteiger partial charge in [0.15, 0.2) is 5.17 Å². The number of hydrogen-bond donors (Lipinski definition) is 1. The van der Waals surface area contributed by atoms with Gasteiger partial charge in [-0.25, -0.2) is 4.99 Å². The summed E-state index contributed by atoms with van der Waals surface area (Å²) in [6, 6.07) is 14.4. The molecule has 0 unspecified atom stereocenters. The number of halogens is 2. The van der Waals surface area contributed by atoms with E-state index in [4.69, 9.17) is 32.4 Å². The molecule has 0 bridgehead atoms. The molecule has 1 aliphatic rings. The number of methoxy groups -OCH3 is 1. The van der Waals surface area contributed by atoms with Crippen LogP contribution in [0.4, 0.5) is 5.69 Å². The molecule has 1 fully saturated rings. The Balaban J connectivity index is 1.58. The number of aliphatic imine (C=N–C) groups is 1. The van der Waals surface area contributed by atoms with Gasteiger partial charge in [-0.1, -0.05) is 29.3 Å². The summed E-state index contributed by atoms with van der Waals surface area (Å²) in [6.07, 6.45) is 1.67. The number of rotatable bonds is 4. The predicted octanol–water partition coefficient (Wildman–Crippen LogP) is 6.46. The van der Waals surface area contributed by atoms with Crippen molar-refractivity contribution >= 4 is 57.8 Å². The number of aryl methyl sites for hydroxylation is 1. The number of carbonyl (C=O) groups excluding carboxylic acids is 1. The third kappa shape index (κ3) is 4.41. The summed E-state index contributed by atoms with van der Waals surface area (Å²) in [6.45, 7) is 1.97. The molecule has 1 aromatic heterocycles. The number of amidine groups is 1. The Bertz CT molecular complexity index is 1200. The van der Waals surface area contributed by atoms with E-state index in [0.717, 1.165) is 11.1 Å². The van der Waals surface area contributed by atoms with Crippen LogP contribution in [0.3, 0.4) is 0 Å². The van der Waals surface area contributed by atoms with Gasteiger partial charge in [-0.15, -0.1) is 0 Å². The number of furan rings is 1. The molecule has 0 atom stereocenters. The smallest absolute Gasteiger partial charge is 0.264 e. The minimum atomic E-state index is -0.243. The highest BCUT2D eigenvalue weighted by Gasteiger charge is 2.25. The average molecular weight is 459 g/mol. The first-order valence-corrected chi connectivity index (χ1v) is 10.5. The first-order valence-electron chi connectivity index (χ1n) is 8.92. The zero-order valence-corrected chi connectivity index (χ0v) is 18.4. The lowest BCUT2D eigenvalue weighted by molar-refractivity contribution is -0.115. The fourth-order valence-corrected chi connectivity index (χ4v) is 4.19. The maximum Gasteiger partial charge on any atom is 0.264 e. The Kier molecular flexibility index (Phi) is 5.90. The van der Waals surface area contributed by atoms with E-state index >= 15 is 0 Å². The quantitative estimate of drug-likeness (QED) is 0.455. The molecule has 4 rings (SSSR count). The van der Waals surface area contributed by atoms with Crippen LogP contribution in [-0.4, -0.2) is 18.2 Å². The molecule has 1 aliphatic heterocycles. The summed E-state index contributed by atoms with van der Waals surface area (Å²) >= 11 is 13.4. The summed E-state index contributed by atoms with van der Waals surface area (Å²) in [5, 5.41) is 4.29. The normalized spacial score (nSPS) is 16.3. The van der Waals surface area contributed by atoms with Crippen LogP contribution in [0.5, 0.6) is 5.75 Å². The van der Waals surface area contributed by atoms with E-state index in [0.29, 0.717) is 43.1 Å². The van der Waals surface area contributed by atoms with E-state index in [9.17, 15) is 4.79 Å². The number of ether oxygens (including phenoxy) is 1. The Morgan fingerprint density at radius 3 is 2.73 bits per heavy atom. The number of hydrogen-bond acceptors (Lipinski definition) is 5. The molecule has 5 nitrogen and oxygen atoms in total. The van der Waals surface area contributed by atoms with E-state index in [2.05, 4.69) is 10.3 Å². The maximum absolute atomic E-state index is 12.4. The molecule has 1 saturated heterocycles. The highest BCUT2D eigenvalue weighted by molar-refractivity contribution is 8.18. The zero-order valence-electron chi connectivity index (χ0n) is 16.0. The Morgan fingerprint density at radius 2 is 1.97 bits per heavy atom. The standard InChI is InChI=1S/C22H16Cl2N2O3S/c1-12-3-7-19(28-2)17(9-12)25-22-26-21(27)20(30-22)11-14-5-8-18(29-14)15-6-4-13(23)10-16(15)24/h3-11H,1-2H3,(H,25,26,27)/b20-11-. The number of nitrogens with zero attached hydrogens (tertiary/aromatic N) is 1. The van der Waals surface area contributed by atoms with Crippen LogP contribution >= 0.6 is 35.0 Å². The van der Waals surface area contributed by atoms with Crippen LogP contribution in [0, 0.1) is 6.92 Å². The lowest BCUT2D eigenvalue weighted by Gasteiger charge is -2.05. The molecule has 2 aromatic carbocycles.